The molecule has 0 saturated heterocycles. The monoisotopic (exact) mass is 349 g/mol. The number of anilines is 1. The van der Waals surface area contributed by atoms with Gasteiger partial charge in [-0.2, -0.15) is 0 Å². The first-order valence-corrected chi connectivity index (χ1v) is 7.17. The number of rotatable bonds is 4. The van der Waals surface area contributed by atoms with E-state index in [1.807, 2.05) is 37.3 Å². The number of hydrogen-bond acceptors (Lipinski definition) is 4. The molecular formula is C16H16BrNO3. The van der Waals surface area contributed by atoms with Crippen molar-refractivity contribution >= 4 is 27.6 Å². The normalized spacial score (nSPS) is 10.2. The maximum absolute atomic E-state index is 12.1. The second-order valence-electron chi connectivity index (χ2n) is 4.58. The minimum atomic E-state index is -0.419. The van der Waals surface area contributed by atoms with Gasteiger partial charge in [-0.25, -0.2) is 4.79 Å². The van der Waals surface area contributed by atoms with Crippen LogP contribution in [0.2, 0.25) is 0 Å². The molecule has 2 N–H and O–H groups in total. The highest BCUT2D eigenvalue weighted by atomic mass is 79.9. The van der Waals surface area contributed by atoms with Gasteiger partial charge in [-0.1, -0.05) is 18.2 Å². The zero-order chi connectivity index (χ0) is 15.4. The van der Waals surface area contributed by atoms with Crippen LogP contribution >= 0.6 is 15.9 Å². The van der Waals surface area contributed by atoms with E-state index >= 15 is 0 Å². The SMILES string of the molecule is COc1ccc(COC(=O)c2c(C)cccc2N)cc1Br. The van der Waals surface area contributed by atoms with Crippen LogP contribution in [-0.2, 0) is 11.3 Å². The molecule has 0 fully saturated rings. The van der Waals surface area contributed by atoms with E-state index in [2.05, 4.69) is 15.9 Å². The van der Waals surface area contributed by atoms with Crippen LogP contribution in [0.5, 0.6) is 5.75 Å². The van der Waals surface area contributed by atoms with Gasteiger partial charge in [-0.05, 0) is 52.2 Å². The van der Waals surface area contributed by atoms with Crippen LogP contribution in [0.25, 0.3) is 0 Å². The molecule has 21 heavy (non-hydrogen) atoms. The highest BCUT2D eigenvalue weighted by Crippen LogP contribution is 2.26. The van der Waals surface area contributed by atoms with E-state index < -0.39 is 5.97 Å². The maximum Gasteiger partial charge on any atom is 0.340 e. The molecule has 0 heterocycles. The molecule has 5 heteroatoms. The summed E-state index contributed by atoms with van der Waals surface area (Å²) in [5.74, 6) is 0.311. The Bertz CT molecular complexity index is 650. The average molecular weight is 350 g/mol. The number of aryl methyl sites for hydroxylation is 1. The van der Waals surface area contributed by atoms with Crippen molar-refractivity contribution in [2.45, 2.75) is 13.5 Å². The molecule has 2 aromatic carbocycles. The number of esters is 1. The van der Waals surface area contributed by atoms with Crippen molar-refractivity contribution in [1.82, 2.24) is 0 Å². The predicted octanol–water partition coefficient (Wildman–Crippen LogP) is 3.71. The number of methoxy groups -OCH3 is 1. The minimum Gasteiger partial charge on any atom is -0.496 e. The fourth-order valence-electron chi connectivity index (χ4n) is 1.99. The van der Waals surface area contributed by atoms with E-state index in [-0.39, 0.29) is 6.61 Å². The van der Waals surface area contributed by atoms with Gasteiger partial charge < -0.3 is 15.2 Å². The lowest BCUT2D eigenvalue weighted by molar-refractivity contribution is 0.0473. The lowest BCUT2D eigenvalue weighted by Gasteiger charge is -2.10. The third-order valence-corrected chi connectivity index (χ3v) is 3.71. The average Bonchev–Trinajstić information content (AvgIpc) is 2.45. The standard InChI is InChI=1S/C16H16BrNO3/c1-10-4-3-5-13(18)15(10)16(19)21-9-11-6-7-14(20-2)12(17)8-11/h3-8H,9,18H2,1-2H3. The summed E-state index contributed by atoms with van der Waals surface area (Å²) in [5.41, 5.74) is 8.34. The summed E-state index contributed by atoms with van der Waals surface area (Å²) in [6.45, 7) is 2.01. The molecule has 2 rings (SSSR count). The molecule has 0 aromatic heterocycles. The van der Waals surface area contributed by atoms with Crippen LogP contribution in [0.4, 0.5) is 5.69 Å². The number of hydrogen-bond donors (Lipinski definition) is 1. The zero-order valence-corrected chi connectivity index (χ0v) is 13.4. The van der Waals surface area contributed by atoms with Crippen molar-refractivity contribution in [2.24, 2.45) is 0 Å². The van der Waals surface area contributed by atoms with Crippen LogP contribution < -0.4 is 10.5 Å². The Kier molecular flexibility index (Phi) is 4.85. The Balaban J connectivity index is 2.09. The van der Waals surface area contributed by atoms with Gasteiger partial charge in [0.15, 0.2) is 0 Å². The molecule has 0 spiro atoms. The van der Waals surface area contributed by atoms with Crippen LogP contribution in [0, 0.1) is 6.92 Å². The van der Waals surface area contributed by atoms with Gasteiger partial charge in [0.25, 0.3) is 0 Å². The molecule has 0 aliphatic heterocycles. The quantitative estimate of drug-likeness (QED) is 0.675. The molecule has 0 bridgehead atoms. The van der Waals surface area contributed by atoms with Crippen LogP contribution in [0.3, 0.4) is 0 Å². The van der Waals surface area contributed by atoms with E-state index in [0.717, 1.165) is 21.3 Å². The Morgan fingerprint density at radius 2 is 2.05 bits per heavy atom. The molecule has 0 aliphatic carbocycles. The van der Waals surface area contributed by atoms with Gasteiger partial charge >= 0.3 is 5.97 Å². The van der Waals surface area contributed by atoms with Crippen molar-refractivity contribution < 1.29 is 14.3 Å². The number of benzene rings is 2. The van der Waals surface area contributed by atoms with Gasteiger partial charge in [-0.15, -0.1) is 0 Å². The fraction of sp³-hybridized carbons (Fsp3) is 0.188. The number of carbonyl (C=O) groups is 1. The molecule has 0 radical (unpaired) electrons. The molecule has 2 aromatic rings. The molecule has 0 atom stereocenters. The number of nitrogens with two attached hydrogens (primary N) is 1. The molecule has 0 saturated carbocycles. The molecule has 4 nitrogen and oxygen atoms in total. The van der Waals surface area contributed by atoms with Crippen molar-refractivity contribution in [1.29, 1.82) is 0 Å². The first kappa shape index (κ1) is 15.4. The molecular weight excluding hydrogens is 334 g/mol. The summed E-state index contributed by atoms with van der Waals surface area (Å²) in [5, 5.41) is 0. The second kappa shape index (κ2) is 6.63. The molecule has 0 aliphatic rings. The van der Waals surface area contributed by atoms with Crippen molar-refractivity contribution in [3.63, 3.8) is 0 Å². The third kappa shape index (κ3) is 3.55. The predicted molar refractivity (Wildman–Crippen MR) is 85.4 cm³/mol. The topological polar surface area (TPSA) is 61.5 Å². The number of nitrogen functional groups attached to an aromatic ring is 1. The summed E-state index contributed by atoms with van der Waals surface area (Å²) >= 11 is 3.40. The highest BCUT2D eigenvalue weighted by molar-refractivity contribution is 9.10. The number of ether oxygens (including phenoxy) is 2. The Hall–Kier alpha value is -2.01. The summed E-state index contributed by atoms with van der Waals surface area (Å²) in [6, 6.07) is 10.8. The molecule has 0 amide bonds. The first-order chi connectivity index (χ1) is 10.0. The largest absolute Gasteiger partial charge is 0.496 e. The van der Waals surface area contributed by atoms with Crippen molar-refractivity contribution in [2.75, 3.05) is 12.8 Å². The third-order valence-electron chi connectivity index (χ3n) is 3.10. The summed E-state index contributed by atoms with van der Waals surface area (Å²) in [7, 11) is 1.60. The minimum absolute atomic E-state index is 0.176. The van der Waals surface area contributed by atoms with Gasteiger partial charge in [0.1, 0.15) is 12.4 Å². The van der Waals surface area contributed by atoms with E-state index in [1.165, 1.54) is 0 Å². The summed E-state index contributed by atoms with van der Waals surface area (Å²) in [4.78, 5) is 12.1. The van der Waals surface area contributed by atoms with E-state index in [0.29, 0.717) is 11.3 Å². The fourth-order valence-corrected chi connectivity index (χ4v) is 2.58. The van der Waals surface area contributed by atoms with Crippen molar-refractivity contribution in [3.05, 3.63) is 57.6 Å². The first-order valence-electron chi connectivity index (χ1n) is 6.37. The summed E-state index contributed by atoms with van der Waals surface area (Å²) in [6.07, 6.45) is 0. The Morgan fingerprint density at radius 1 is 1.29 bits per heavy atom. The summed E-state index contributed by atoms with van der Waals surface area (Å²) < 4.78 is 11.3. The van der Waals surface area contributed by atoms with E-state index in [9.17, 15) is 4.79 Å². The molecule has 0 unspecified atom stereocenters. The lowest BCUT2D eigenvalue weighted by atomic mass is 10.1. The van der Waals surface area contributed by atoms with Crippen LogP contribution in [0.1, 0.15) is 21.5 Å². The lowest BCUT2D eigenvalue weighted by Crippen LogP contribution is -2.10. The Morgan fingerprint density at radius 3 is 2.67 bits per heavy atom. The van der Waals surface area contributed by atoms with Crippen molar-refractivity contribution in [3.8, 4) is 5.75 Å². The maximum atomic E-state index is 12.1. The van der Waals surface area contributed by atoms with Gasteiger partial charge in [0.05, 0.1) is 17.1 Å². The van der Waals surface area contributed by atoms with Gasteiger partial charge in [0, 0.05) is 5.69 Å². The Labute approximate surface area is 132 Å². The zero-order valence-electron chi connectivity index (χ0n) is 11.9. The highest BCUT2D eigenvalue weighted by Gasteiger charge is 2.14. The smallest absolute Gasteiger partial charge is 0.340 e. The van der Waals surface area contributed by atoms with E-state index in [1.54, 1.807) is 13.2 Å². The number of halogens is 1. The molecule has 110 valence electrons. The second-order valence-corrected chi connectivity index (χ2v) is 5.44. The van der Waals surface area contributed by atoms with Gasteiger partial charge in [0.2, 0.25) is 0 Å². The van der Waals surface area contributed by atoms with Crippen LogP contribution in [0.15, 0.2) is 40.9 Å². The van der Waals surface area contributed by atoms with E-state index in [4.69, 9.17) is 15.2 Å². The number of carbonyl (C=O) groups excluding carboxylic acids is 1. The van der Waals surface area contributed by atoms with Crippen LogP contribution in [-0.4, -0.2) is 13.1 Å². The van der Waals surface area contributed by atoms with Gasteiger partial charge in [-0.3, -0.25) is 0 Å².